The second-order valence-electron chi connectivity index (χ2n) is 17.6. The minimum Gasteiger partial charge on any atom is -0.455 e. The Morgan fingerprint density at radius 2 is 0.736 bits per heavy atom. The highest BCUT2D eigenvalue weighted by molar-refractivity contribution is 6.74. The lowest BCUT2D eigenvalue weighted by Crippen LogP contribution is -2.57. The van der Waals surface area contributed by atoms with Gasteiger partial charge in [0.2, 0.25) is 0 Å². The summed E-state index contributed by atoms with van der Waals surface area (Å²) in [5.74, 6) is 0. The summed E-state index contributed by atoms with van der Waals surface area (Å²) in [7, 11) is 134. The van der Waals surface area contributed by atoms with E-state index in [9.17, 15) is 0 Å². The summed E-state index contributed by atoms with van der Waals surface area (Å²) in [6.07, 6.45) is 0. The molecule has 0 N–H and O–H groups in total. The van der Waals surface area contributed by atoms with Gasteiger partial charge in [0.25, 0.3) is 0 Å². The van der Waals surface area contributed by atoms with Crippen molar-refractivity contribution in [1.29, 1.82) is 0 Å². The lowest BCUT2D eigenvalue weighted by molar-refractivity contribution is 0.673. The van der Waals surface area contributed by atoms with Crippen molar-refractivity contribution < 1.29 is 4.42 Å². The van der Waals surface area contributed by atoms with Crippen molar-refractivity contribution in [3.05, 3.63) is 78.9 Å². The Balaban J connectivity index is 1.28. The number of nitrogens with zero attached hydrogens (tertiary/aromatic N) is 1. The van der Waals surface area contributed by atoms with Crippen LogP contribution in [0.2, 0.25) is 0 Å². The van der Waals surface area contributed by atoms with E-state index in [0.717, 1.165) is 32.7 Å². The maximum Gasteiger partial charge on any atom is 0.143 e. The van der Waals surface area contributed by atoms with E-state index in [1.807, 2.05) is 66.7 Å². The van der Waals surface area contributed by atoms with Crippen LogP contribution >= 0.6 is 0 Å². The highest BCUT2D eigenvalue weighted by atomic mass is 16.3. The minimum atomic E-state index is -0.174. The zero-order chi connectivity index (χ0) is 51.8. The molecule has 1 aromatic heterocycles. The molecule has 0 atom stereocenters. The van der Waals surface area contributed by atoms with Gasteiger partial charge in [-0.2, -0.15) is 0 Å². The molecule has 10 rings (SSSR count). The second-order valence-corrected chi connectivity index (χ2v) is 17.6. The maximum atomic E-state index is 7.22. The van der Waals surface area contributed by atoms with Crippen molar-refractivity contribution in [2.45, 2.75) is 0 Å². The predicted molar refractivity (Wildman–Crippen MR) is 327 cm³/mol. The van der Waals surface area contributed by atoms with Gasteiger partial charge in [0.15, 0.2) is 0 Å². The van der Waals surface area contributed by atoms with Crippen LogP contribution in [-0.4, -0.2) is 157 Å². The fraction of sp³-hybridized carbons (Fsp3) is 0. The zero-order valence-corrected chi connectivity index (χ0v) is 38.4. The lowest BCUT2D eigenvalue weighted by atomic mass is 9.55. The van der Waals surface area contributed by atoms with Crippen LogP contribution in [-0.2, 0) is 0 Å². The third kappa shape index (κ3) is 7.14. The summed E-state index contributed by atoms with van der Waals surface area (Å²) in [4.78, 5) is 1.59. The molecular formula is C50H13B20NO. The average Bonchev–Trinajstić information content (AvgIpc) is 3.77. The fourth-order valence-electron chi connectivity index (χ4n) is 9.92. The fourth-order valence-corrected chi connectivity index (χ4v) is 9.92. The van der Waals surface area contributed by atoms with Gasteiger partial charge < -0.3 is 9.32 Å². The van der Waals surface area contributed by atoms with Gasteiger partial charge in [-0.15, -0.1) is 32.8 Å². The molecule has 0 saturated heterocycles. The van der Waals surface area contributed by atoms with Crippen molar-refractivity contribution >= 4 is 327 Å². The number of hydrogen-bond acceptors (Lipinski definition) is 2. The van der Waals surface area contributed by atoms with Gasteiger partial charge in [-0.05, 0) is 73.8 Å². The standard InChI is InChI=1S/C50H13B20NO/c51-28-22(24-32(55)40(63)44(67)41(64)33(24)56)29(52)31(54)23(30(28)53)25-36(59)45(68)49(46(69)37(25)60)71(48-27-26(35(58)43(66)47(48)70)34(57)39(62)42(65)38(27)61)16-7-3-6-15(13-16)17-9-4-10-20-21(17)19-12-11-14-5-1-2-8-18(14)50(19)72-20/h1-13H. The first-order valence-electron chi connectivity index (χ1n) is 21.9. The first-order valence-corrected chi connectivity index (χ1v) is 21.9. The number of furan rings is 1. The average molecular weight is 860 g/mol. The van der Waals surface area contributed by atoms with E-state index < -0.39 is 0 Å². The van der Waals surface area contributed by atoms with Gasteiger partial charge in [0.05, 0.1) is 0 Å². The largest absolute Gasteiger partial charge is 0.455 e. The van der Waals surface area contributed by atoms with Crippen LogP contribution in [0.3, 0.4) is 0 Å². The SMILES string of the molecule is [B]c1c([B])c([B])c(-c2c([B])c([B])c(-c3c([B])c([B])c(N(c4cccc(-c5cccc6oc7c8ccccc8ccc7c56)c4)c4c([B])c([B])c([B])c5c([B])c([B])c([B])c([B])c45)c([B])c3[B])c([B])c2[B])c([B])c1[B]. The Kier molecular flexibility index (Phi) is 12.6. The van der Waals surface area contributed by atoms with Crippen LogP contribution < -0.4 is 114 Å². The molecule has 9 aromatic carbocycles. The van der Waals surface area contributed by atoms with E-state index in [2.05, 4.69) is 6.07 Å². The molecule has 0 aliphatic rings. The quantitative estimate of drug-likeness (QED) is 0.155. The van der Waals surface area contributed by atoms with E-state index in [1.165, 1.54) is 0 Å². The summed E-state index contributed by atoms with van der Waals surface area (Å²) >= 11 is 0. The Bertz CT molecular complexity index is 3980. The van der Waals surface area contributed by atoms with Crippen molar-refractivity contribution in [2.24, 2.45) is 0 Å². The number of anilines is 3. The van der Waals surface area contributed by atoms with Gasteiger partial charge >= 0.3 is 0 Å². The molecule has 0 saturated carbocycles. The molecule has 22 heteroatoms. The van der Waals surface area contributed by atoms with E-state index in [0.29, 0.717) is 16.8 Å². The van der Waals surface area contributed by atoms with Gasteiger partial charge in [-0.1, -0.05) is 131 Å². The Hall–Kier alpha value is -5.60. The molecule has 0 bridgehead atoms. The normalized spacial score (nSPS) is 11.6. The van der Waals surface area contributed by atoms with Gasteiger partial charge in [-0.25, -0.2) is 0 Å². The molecule has 0 unspecified atom stereocenters. The summed E-state index contributed by atoms with van der Waals surface area (Å²) in [6.45, 7) is 0. The molecule has 72 heavy (non-hydrogen) atoms. The molecular weight excluding hydrogens is 847 g/mol. The third-order valence-electron chi connectivity index (χ3n) is 13.7. The summed E-state index contributed by atoms with van der Waals surface area (Å²) in [6, 6.07) is 25.3. The van der Waals surface area contributed by atoms with Crippen LogP contribution in [0.5, 0.6) is 0 Å². The molecule has 40 radical (unpaired) electrons. The van der Waals surface area contributed by atoms with Crippen LogP contribution in [0.4, 0.5) is 17.1 Å². The lowest BCUT2D eigenvalue weighted by Gasteiger charge is -2.37. The second kappa shape index (κ2) is 18.1. The van der Waals surface area contributed by atoms with Crippen molar-refractivity contribution in [3.8, 4) is 33.4 Å². The molecule has 0 aliphatic heterocycles. The van der Waals surface area contributed by atoms with Crippen LogP contribution in [0.15, 0.2) is 83.3 Å². The van der Waals surface area contributed by atoms with Crippen molar-refractivity contribution in [2.75, 3.05) is 4.90 Å². The smallest absolute Gasteiger partial charge is 0.143 e. The molecule has 0 fully saturated rings. The maximum absolute atomic E-state index is 7.22. The highest BCUT2D eigenvalue weighted by Crippen LogP contribution is 2.42. The Morgan fingerprint density at radius 1 is 0.306 bits per heavy atom. The summed E-state index contributed by atoms with van der Waals surface area (Å²) in [5.41, 5.74) is 1.46. The minimum absolute atomic E-state index is 0.00189. The van der Waals surface area contributed by atoms with Gasteiger partial charge in [-0.3, -0.25) is 0 Å². The number of hydrogen-bond donors (Lipinski definition) is 0. The van der Waals surface area contributed by atoms with Crippen molar-refractivity contribution in [3.63, 3.8) is 0 Å². The molecule has 0 aliphatic carbocycles. The monoisotopic (exact) mass is 863 g/mol. The van der Waals surface area contributed by atoms with E-state index >= 15 is 0 Å². The first kappa shape index (κ1) is 50.0. The van der Waals surface area contributed by atoms with Crippen LogP contribution in [0.1, 0.15) is 0 Å². The molecule has 284 valence electrons. The predicted octanol–water partition coefficient (Wildman–Crippen LogP) is -9.76. The summed E-state index contributed by atoms with van der Waals surface area (Å²) in [5, 5.41) is 4.03. The molecule has 0 spiro atoms. The molecule has 1 heterocycles. The Labute approximate surface area is 445 Å². The number of rotatable bonds is 6. The Morgan fingerprint density at radius 3 is 1.29 bits per heavy atom. The number of fused-ring (bicyclic) bond motifs is 6. The number of benzene rings is 9. The van der Waals surface area contributed by atoms with Crippen molar-refractivity contribution in [1.82, 2.24) is 0 Å². The van der Waals surface area contributed by atoms with E-state index in [1.54, 1.807) is 11.0 Å². The van der Waals surface area contributed by atoms with E-state index in [4.69, 9.17) is 161 Å². The van der Waals surface area contributed by atoms with Crippen LogP contribution in [0.25, 0.3) is 76.9 Å². The third-order valence-corrected chi connectivity index (χ3v) is 13.7. The molecule has 10 aromatic rings. The topological polar surface area (TPSA) is 16.4 Å². The first-order chi connectivity index (χ1) is 34.1. The molecule has 0 amide bonds. The van der Waals surface area contributed by atoms with E-state index in [-0.39, 0.29) is 154 Å². The van der Waals surface area contributed by atoms with Crippen LogP contribution in [0, 0.1) is 0 Å². The summed E-state index contributed by atoms with van der Waals surface area (Å²) < 4.78 is 6.55. The van der Waals surface area contributed by atoms with Gasteiger partial charge in [0.1, 0.15) is 168 Å². The molecule has 2 nitrogen and oxygen atoms in total. The highest BCUT2D eigenvalue weighted by Gasteiger charge is 2.29. The zero-order valence-electron chi connectivity index (χ0n) is 38.4. The van der Waals surface area contributed by atoms with Gasteiger partial charge in [0, 0.05) is 33.2 Å².